The molecular weight excluding hydrogens is 292 g/mol. The van der Waals surface area contributed by atoms with Gasteiger partial charge in [0.1, 0.15) is 11.9 Å². The molecule has 1 unspecified atom stereocenters. The maximum absolute atomic E-state index is 9.08. The van der Waals surface area contributed by atoms with Crippen LogP contribution >= 0.6 is 15.9 Å². The zero-order valence-corrected chi connectivity index (χ0v) is 11.8. The average molecular weight is 305 g/mol. The van der Waals surface area contributed by atoms with Crippen LogP contribution in [0.4, 0.5) is 5.69 Å². The molecule has 5 heteroatoms. The summed E-state index contributed by atoms with van der Waals surface area (Å²) in [5.41, 5.74) is 1.43. The van der Waals surface area contributed by atoms with E-state index in [0.29, 0.717) is 5.56 Å². The Morgan fingerprint density at radius 3 is 2.89 bits per heavy atom. The van der Waals surface area contributed by atoms with E-state index in [-0.39, 0.29) is 6.04 Å². The van der Waals surface area contributed by atoms with Gasteiger partial charge in [0, 0.05) is 23.9 Å². The first-order valence-electron chi connectivity index (χ1n) is 5.55. The van der Waals surface area contributed by atoms with Gasteiger partial charge in [-0.1, -0.05) is 15.9 Å². The van der Waals surface area contributed by atoms with E-state index in [1.165, 1.54) is 0 Å². The van der Waals surface area contributed by atoms with Gasteiger partial charge < -0.3 is 9.88 Å². The standard InChI is InChI=1S/C13H13BrN4/c1-9(13-16-5-6-18(13)2)17-12-7-11(14)4-3-10(12)8-15/h3-7,9,17H,1-2H3. The number of aryl methyl sites for hydroxylation is 1. The second-order valence-electron chi connectivity index (χ2n) is 4.06. The van der Waals surface area contributed by atoms with Crippen LogP contribution in [0.1, 0.15) is 24.4 Å². The first-order valence-corrected chi connectivity index (χ1v) is 6.34. The highest BCUT2D eigenvalue weighted by molar-refractivity contribution is 9.10. The number of hydrogen-bond donors (Lipinski definition) is 1. The van der Waals surface area contributed by atoms with Crippen molar-refractivity contribution < 1.29 is 0 Å². The minimum Gasteiger partial charge on any atom is -0.374 e. The molecular formula is C13H13BrN4. The predicted octanol–water partition coefficient (Wildman–Crippen LogP) is 3.23. The van der Waals surface area contributed by atoms with Crippen molar-refractivity contribution in [1.29, 1.82) is 5.26 Å². The molecule has 0 amide bonds. The summed E-state index contributed by atoms with van der Waals surface area (Å²) in [6.07, 6.45) is 3.67. The molecule has 0 fully saturated rings. The van der Waals surface area contributed by atoms with Gasteiger partial charge in [0.15, 0.2) is 0 Å². The van der Waals surface area contributed by atoms with Crippen LogP contribution in [0.5, 0.6) is 0 Å². The number of imidazole rings is 1. The van der Waals surface area contributed by atoms with E-state index >= 15 is 0 Å². The molecule has 1 heterocycles. The third kappa shape index (κ3) is 2.54. The highest BCUT2D eigenvalue weighted by Gasteiger charge is 2.12. The Labute approximate surface area is 114 Å². The number of aromatic nitrogens is 2. The van der Waals surface area contributed by atoms with Crippen LogP contribution in [0.25, 0.3) is 0 Å². The van der Waals surface area contributed by atoms with Gasteiger partial charge in [-0.05, 0) is 25.1 Å². The highest BCUT2D eigenvalue weighted by atomic mass is 79.9. The SMILES string of the molecule is CC(Nc1cc(Br)ccc1C#N)c1nccn1C. The van der Waals surface area contributed by atoms with Crippen molar-refractivity contribution in [3.05, 3.63) is 46.5 Å². The van der Waals surface area contributed by atoms with Gasteiger partial charge in [-0.3, -0.25) is 0 Å². The van der Waals surface area contributed by atoms with Crippen LogP contribution in [0.15, 0.2) is 35.1 Å². The molecule has 0 spiro atoms. The average Bonchev–Trinajstić information content (AvgIpc) is 2.76. The lowest BCUT2D eigenvalue weighted by atomic mass is 10.1. The van der Waals surface area contributed by atoms with E-state index in [1.807, 2.05) is 36.9 Å². The van der Waals surface area contributed by atoms with Gasteiger partial charge in [-0.15, -0.1) is 0 Å². The summed E-state index contributed by atoms with van der Waals surface area (Å²) >= 11 is 3.41. The van der Waals surface area contributed by atoms with Gasteiger partial charge in [0.05, 0.1) is 17.3 Å². The normalized spacial score (nSPS) is 11.9. The van der Waals surface area contributed by atoms with Gasteiger partial charge in [0.2, 0.25) is 0 Å². The molecule has 92 valence electrons. The second-order valence-corrected chi connectivity index (χ2v) is 4.98. The van der Waals surface area contributed by atoms with Crippen molar-refractivity contribution in [3.8, 4) is 6.07 Å². The Morgan fingerprint density at radius 2 is 2.28 bits per heavy atom. The molecule has 2 rings (SSSR count). The third-order valence-corrected chi connectivity index (χ3v) is 3.21. The molecule has 18 heavy (non-hydrogen) atoms. The van der Waals surface area contributed by atoms with E-state index in [9.17, 15) is 0 Å². The first-order chi connectivity index (χ1) is 8.61. The quantitative estimate of drug-likeness (QED) is 0.947. The van der Waals surface area contributed by atoms with Crippen LogP contribution in [-0.4, -0.2) is 9.55 Å². The first kappa shape index (κ1) is 12.7. The Balaban J connectivity index is 2.27. The molecule has 1 aromatic carbocycles. The molecule has 0 bridgehead atoms. The van der Waals surface area contributed by atoms with Crippen LogP contribution < -0.4 is 5.32 Å². The monoisotopic (exact) mass is 304 g/mol. The molecule has 0 radical (unpaired) electrons. The summed E-state index contributed by atoms with van der Waals surface area (Å²) < 4.78 is 2.90. The number of halogens is 1. The molecule has 2 aromatic rings. The lowest BCUT2D eigenvalue weighted by Crippen LogP contribution is -2.12. The summed E-state index contributed by atoms with van der Waals surface area (Å²) in [4.78, 5) is 4.30. The summed E-state index contributed by atoms with van der Waals surface area (Å²) in [6.45, 7) is 2.02. The molecule has 1 N–H and O–H groups in total. The number of nitriles is 1. The van der Waals surface area contributed by atoms with Crippen molar-refractivity contribution >= 4 is 21.6 Å². The fourth-order valence-electron chi connectivity index (χ4n) is 1.83. The smallest absolute Gasteiger partial charge is 0.130 e. The molecule has 0 aliphatic carbocycles. The lowest BCUT2D eigenvalue weighted by Gasteiger charge is -2.16. The topological polar surface area (TPSA) is 53.6 Å². The lowest BCUT2D eigenvalue weighted by molar-refractivity contribution is 0.721. The number of anilines is 1. The molecule has 1 aromatic heterocycles. The van der Waals surface area contributed by atoms with Crippen LogP contribution in [-0.2, 0) is 7.05 Å². The number of rotatable bonds is 3. The summed E-state index contributed by atoms with van der Waals surface area (Å²) in [5, 5.41) is 12.4. The summed E-state index contributed by atoms with van der Waals surface area (Å²) in [6, 6.07) is 7.76. The van der Waals surface area contributed by atoms with Crippen molar-refractivity contribution in [1.82, 2.24) is 9.55 Å². The van der Waals surface area contributed by atoms with Gasteiger partial charge in [0.25, 0.3) is 0 Å². The molecule has 0 saturated carbocycles. The van der Waals surface area contributed by atoms with Crippen molar-refractivity contribution in [2.75, 3.05) is 5.32 Å². The zero-order chi connectivity index (χ0) is 13.1. The van der Waals surface area contributed by atoms with Gasteiger partial charge >= 0.3 is 0 Å². The van der Waals surface area contributed by atoms with Gasteiger partial charge in [-0.2, -0.15) is 5.26 Å². The van der Waals surface area contributed by atoms with E-state index in [2.05, 4.69) is 32.3 Å². The predicted molar refractivity (Wildman–Crippen MR) is 74.1 cm³/mol. The van der Waals surface area contributed by atoms with Crippen molar-refractivity contribution in [3.63, 3.8) is 0 Å². The zero-order valence-electron chi connectivity index (χ0n) is 10.2. The number of nitrogens with zero attached hydrogens (tertiary/aromatic N) is 3. The Kier molecular flexibility index (Phi) is 3.68. The minimum absolute atomic E-state index is 0.0337. The molecule has 0 aliphatic rings. The van der Waals surface area contributed by atoms with E-state index in [1.54, 1.807) is 12.3 Å². The third-order valence-electron chi connectivity index (χ3n) is 2.72. The number of benzene rings is 1. The molecule has 0 saturated heterocycles. The van der Waals surface area contributed by atoms with Crippen molar-refractivity contribution in [2.45, 2.75) is 13.0 Å². The fourth-order valence-corrected chi connectivity index (χ4v) is 2.19. The molecule has 4 nitrogen and oxygen atoms in total. The Bertz CT molecular complexity index is 597. The summed E-state index contributed by atoms with van der Waals surface area (Å²) in [5.74, 6) is 0.930. The maximum atomic E-state index is 9.08. The van der Waals surface area contributed by atoms with Crippen molar-refractivity contribution in [2.24, 2.45) is 7.05 Å². The minimum atomic E-state index is 0.0337. The molecule has 0 aliphatic heterocycles. The largest absolute Gasteiger partial charge is 0.374 e. The highest BCUT2D eigenvalue weighted by Crippen LogP contribution is 2.24. The van der Waals surface area contributed by atoms with E-state index < -0.39 is 0 Å². The molecule has 1 atom stereocenters. The van der Waals surface area contributed by atoms with Crippen LogP contribution in [0.3, 0.4) is 0 Å². The summed E-state index contributed by atoms with van der Waals surface area (Å²) in [7, 11) is 1.95. The number of hydrogen-bond acceptors (Lipinski definition) is 3. The number of nitrogens with one attached hydrogen (secondary N) is 1. The van der Waals surface area contributed by atoms with Crippen LogP contribution in [0, 0.1) is 11.3 Å². The fraction of sp³-hybridized carbons (Fsp3) is 0.231. The maximum Gasteiger partial charge on any atom is 0.130 e. The Hall–Kier alpha value is -1.80. The van der Waals surface area contributed by atoms with E-state index in [0.717, 1.165) is 16.0 Å². The second kappa shape index (κ2) is 5.23. The van der Waals surface area contributed by atoms with E-state index in [4.69, 9.17) is 5.26 Å². The van der Waals surface area contributed by atoms with Crippen LogP contribution in [0.2, 0.25) is 0 Å². The van der Waals surface area contributed by atoms with Gasteiger partial charge in [-0.25, -0.2) is 4.98 Å². The Morgan fingerprint density at radius 1 is 1.50 bits per heavy atom.